The first kappa shape index (κ1) is 18.7. The van der Waals surface area contributed by atoms with Crippen molar-refractivity contribution < 1.29 is 19.1 Å². The Morgan fingerprint density at radius 3 is 2.62 bits per heavy atom. The molecule has 142 valence electrons. The molecule has 26 heavy (non-hydrogen) atoms. The summed E-state index contributed by atoms with van der Waals surface area (Å²) in [5.74, 6) is 1.03. The Hall–Kier alpha value is -2.08. The van der Waals surface area contributed by atoms with Crippen molar-refractivity contribution in [1.82, 2.24) is 9.80 Å². The Labute approximate surface area is 155 Å². The van der Waals surface area contributed by atoms with Crippen LogP contribution in [0.1, 0.15) is 30.4 Å². The van der Waals surface area contributed by atoms with Crippen molar-refractivity contribution in [2.24, 2.45) is 0 Å². The fraction of sp³-hybridized carbons (Fsp3) is 0.600. The van der Waals surface area contributed by atoms with Gasteiger partial charge in [-0.1, -0.05) is 12.1 Å². The Kier molecular flexibility index (Phi) is 6.14. The van der Waals surface area contributed by atoms with Gasteiger partial charge in [0.15, 0.2) is 0 Å². The molecule has 1 unspecified atom stereocenters. The number of nitrogens with zero attached hydrogens (tertiary/aromatic N) is 2. The molecule has 2 heterocycles. The normalized spacial score (nSPS) is 20.8. The minimum absolute atomic E-state index is 0.0857. The van der Waals surface area contributed by atoms with E-state index in [0.29, 0.717) is 39.2 Å². The molecule has 2 amide bonds. The zero-order valence-corrected chi connectivity index (χ0v) is 15.7. The third kappa shape index (κ3) is 4.36. The second-order valence-corrected chi connectivity index (χ2v) is 7.04. The summed E-state index contributed by atoms with van der Waals surface area (Å²) in [6, 6.07) is 5.85. The zero-order valence-electron chi connectivity index (χ0n) is 15.7. The lowest BCUT2D eigenvalue weighted by molar-refractivity contribution is -0.141. The molecule has 6 heteroatoms. The van der Waals surface area contributed by atoms with E-state index in [1.807, 2.05) is 34.9 Å². The standard InChI is InChI=1S/C20H28N2O4/c1-15-13-16(6-7-17(15)25-2)14-19(23)21-8-4-9-22(11-10-21)20(24)18-5-3-12-26-18/h6-7,13,18H,3-5,8-12,14H2,1-2H3. The number of benzene rings is 1. The van der Waals surface area contributed by atoms with Crippen LogP contribution in [0, 0.1) is 6.92 Å². The van der Waals surface area contributed by atoms with Crippen LogP contribution in [0.4, 0.5) is 0 Å². The van der Waals surface area contributed by atoms with Crippen LogP contribution in [0.3, 0.4) is 0 Å². The Balaban J connectivity index is 1.55. The van der Waals surface area contributed by atoms with Crippen molar-refractivity contribution >= 4 is 11.8 Å². The van der Waals surface area contributed by atoms with Crippen LogP contribution in [0.5, 0.6) is 5.75 Å². The van der Waals surface area contributed by atoms with E-state index in [-0.39, 0.29) is 17.9 Å². The van der Waals surface area contributed by atoms with Gasteiger partial charge in [0.2, 0.25) is 5.91 Å². The SMILES string of the molecule is COc1ccc(CC(=O)N2CCCN(C(=O)C3CCCO3)CC2)cc1C. The molecule has 2 aliphatic rings. The third-order valence-electron chi connectivity index (χ3n) is 5.18. The van der Waals surface area contributed by atoms with Crippen molar-refractivity contribution in [2.45, 2.75) is 38.7 Å². The lowest BCUT2D eigenvalue weighted by atomic mass is 10.1. The summed E-state index contributed by atoms with van der Waals surface area (Å²) in [6.45, 7) is 5.23. The first-order chi connectivity index (χ1) is 12.6. The highest BCUT2D eigenvalue weighted by Gasteiger charge is 2.30. The maximum absolute atomic E-state index is 12.7. The smallest absolute Gasteiger partial charge is 0.251 e. The van der Waals surface area contributed by atoms with E-state index in [1.54, 1.807) is 7.11 Å². The average molecular weight is 360 g/mol. The van der Waals surface area contributed by atoms with Crippen molar-refractivity contribution in [3.05, 3.63) is 29.3 Å². The van der Waals surface area contributed by atoms with E-state index in [2.05, 4.69) is 0 Å². The van der Waals surface area contributed by atoms with Gasteiger partial charge >= 0.3 is 0 Å². The molecule has 6 nitrogen and oxygen atoms in total. The van der Waals surface area contributed by atoms with Crippen LogP contribution in [-0.4, -0.2) is 67.6 Å². The highest BCUT2D eigenvalue weighted by Crippen LogP contribution is 2.20. The van der Waals surface area contributed by atoms with Crippen molar-refractivity contribution in [3.8, 4) is 5.75 Å². The molecular weight excluding hydrogens is 332 g/mol. The number of rotatable bonds is 4. The quantitative estimate of drug-likeness (QED) is 0.821. The molecule has 3 rings (SSSR count). The Bertz CT molecular complexity index is 655. The van der Waals surface area contributed by atoms with Crippen LogP contribution in [0.15, 0.2) is 18.2 Å². The van der Waals surface area contributed by atoms with Crippen molar-refractivity contribution in [1.29, 1.82) is 0 Å². The van der Waals surface area contributed by atoms with Gasteiger partial charge in [-0.2, -0.15) is 0 Å². The van der Waals surface area contributed by atoms with Gasteiger partial charge in [-0.25, -0.2) is 0 Å². The van der Waals surface area contributed by atoms with E-state index >= 15 is 0 Å². The highest BCUT2D eigenvalue weighted by atomic mass is 16.5. The summed E-state index contributed by atoms with van der Waals surface area (Å²) < 4.78 is 10.8. The molecule has 0 saturated carbocycles. The Morgan fingerprint density at radius 1 is 1.15 bits per heavy atom. The minimum atomic E-state index is -0.278. The number of ether oxygens (including phenoxy) is 2. The largest absolute Gasteiger partial charge is 0.496 e. The summed E-state index contributed by atoms with van der Waals surface area (Å²) >= 11 is 0. The lowest BCUT2D eigenvalue weighted by Crippen LogP contribution is -2.42. The van der Waals surface area contributed by atoms with Gasteiger partial charge in [0.1, 0.15) is 11.9 Å². The van der Waals surface area contributed by atoms with Gasteiger partial charge in [-0.05, 0) is 43.4 Å². The molecule has 0 aromatic heterocycles. The Morgan fingerprint density at radius 2 is 1.92 bits per heavy atom. The van der Waals surface area contributed by atoms with Gasteiger partial charge in [0, 0.05) is 32.8 Å². The number of amides is 2. The summed E-state index contributed by atoms with van der Waals surface area (Å²) in [6.07, 6.45) is 2.68. The minimum Gasteiger partial charge on any atom is -0.496 e. The first-order valence-corrected chi connectivity index (χ1v) is 9.40. The fourth-order valence-corrected chi connectivity index (χ4v) is 3.70. The summed E-state index contributed by atoms with van der Waals surface area (Å²) in [5.41, 5.74) is 2.02. The summed E-state index contributed by atoms with van der Waals surface area (Å²) in [7, 11) is 1.65. The predicted molar refractivity (Wildman–Crippen MR) is 98.2 cm³/mol. The molecule has 0 N–H and O–H groups in total. The van der Waals surface area contributed by atoms with E-state index in [0.717, 1.165) is 36.1 Å². The number of carbonyl (C=O) groups is 2. The molecule has 2 saturated heterocycles. The van der Waals surface area contributed by atoms with Crippen molar-refractivity contribution in [3.63, 3.8) is 0 Å². The van der Waals surface area contributed by atoms with Gasteiger partial charge in [0.05, 0.1) is 13.5 Å². The van der Waals surface area contributed by atoms with Gasteiger partial charge in [0.25, 0.3) is 5.91 Å². The van der Waals surface area contributed by atoms with E-state index in [1.165, 1.54) is 0 Å². The van der Waals surface area contributed by atoms with Gasteiger partial charge in [-0.3, -0.25) is 9.59 Å². The number of hydrogen-bond acceptors (Lipinski definition) is 4. The van der Waals surface area contributed by atoms with E-state index < -0.39 is 0 Å². The van der Waals surface area contributed by atoms with E-state index in [9.17, 15) is 9.59 Å². The predicted octanol–water partition coefficient (Wildman–Crippen LogP) is 1.79. The summed E-state index contributed by atoms with van der Waals surface area (Å²) in [5, 5.41) is 0. The highest BCUT2D eigenvalue weighted by molar-refractivity contribution is 5.82. The molecular formula is C20H28N2O4. The van der Waals surface area contributed by atoms with Crippen LogP contribution in [-0.2, 0) is 20.7 Å². The number of aryl methyl sites for hydroxylation is 1. The molecule has 1 aromatic carbocycles. The third-order valence-corrected chi connectivity index (χ3v) is 5.18. The monoisotopic (exact) mass is 360 g/mol. The fourth-order valence-electron chi connectivity index (χ4n) is 3.70. The maximum Gasteiger partial charge on any atom is 0.251 e. The molecule has 1 aromatic rings. The van der Waals surface area contributed by atoms with Crippen LogP contribution >= 0.6 is 0 Å². The molecule has 0 bridgehead atoms. The molecule has 0 radical (unpaired) electrons. The van der Waals surface area contributed by atoms with Crippen LogP contribution < -0.4 is 4.74 Å². The zero-order chi connectivity index (χ0) is 18.5. The summed E-state index contributed by atoms with van der Waals surface area (Å²) in [4.78, 5) is 28.9. The van der Waals surface area contributed by atoms with E-state index in [4.69, 9.17) is 9.47 Å². The van der Waals surface area contributed by atoms with Gasteiger partial charge in [-0.15, -0.1) is 0 Å². The molecule has 1 atom stereocenters. The number of hydrogen-bond donors (Lipinski definition) is 0. The second-order valence-electron chi connectivity index (χ2n) is 7.04. The van der Waals surface area contributed by atoms with Gasteiger partial charge < -0.3 is 19.3 Å². The van der Waals surface area contributed by atoms with Crippen LogP contribution in [0.2, 0.25) is 0 Å². The number of carbonyl (C=O) groups excluding carboxylic acids is 2. The van der Waals surface area contributed by atoms with Crippen LogP contribution in [0.25, 0.3) is 0 Å². The number of methoxy groups -OCH3 is 1. The molecule has 0 aliphatic carbocycles. The molecule has 2 fully saturated rings. The topological polar surface area (TPSA) is 59.1 Å². The average Bonchev–Trinajstić information content (AvgIpc) is 3.05. The van der Waals surface area contributed by atoms with Crippen molar-refractivity contribution in [2.75, 3.05) is 39.9 Å². The molecule has 0 spiro atoms. The maximum atomic E-state index is 12.7. The lowest BCUT2D eigenvalue weighted by Gasteiger charge is -2.24. The molecule has 2 aliphatic heterocycles. The first-order valence-electron chi connectivity index (χ1n) is 9.40. The second kappa shape index (κ2) is 8.54.